The Balaban J connectivity index is 3.05. The van der Waals surface area contributed by atoms with Gasteiger partial charge in [-0.25, -0.2) is 4.79 Å². The first-order valence-electron chi connectivity index (χ1n) is 3.18. The highest BCUT2D eigenvalue weighted by Crippen LogP contribution is 2.16. The second-order valence-corrected chi connectivity index (χ2v) is 2.79. The Kier molecular flexibility index (Phi) is 2.44. The van der Waals surface area contributed by atoms with Gasteiger partial charge in [-0.3, -0.25) is 0 Å². The van der Waals surface area contributed by atoms with Crippen LogP contribution < -0.4 is 0 Å². The molecule has 0 radical (unpaired) electrons. The lowest BCUT2D eigenvalue weighted by Gasteiger charge is -1.89. The molecular weight excluding hydrogens is 160 g/mol. The zero-order valence-electron chi connectivity index (χ0n) is 6.07. The van der Waals surface area contributed by atoms with Crippen LogP contribution in [0.4, 0.5) is 0 Å². The van der Waals surface area contributed by atoms with Gasteiger partial charge in [0.1, 0.15) is 0 Å². The van der Waals surface area contributed by atoms with Crippen molar-refractivity contribution in [1.82, 2.24) is 0 Å². The number of carbonyl (C=O) groups is 1. The molecule has 11 heavy (non-hydrogen) atoms. The van der Waals surface area contributed by atoms with Crippen LogP contribution in [0.5, 0.6) is 0 Å². The van der Waals surface area contributed by atoms with Crippen molar-refractivity contribution in [3.05, 3.63) is 28.0 Å². The molecular formula is C8H8O2S. The van der Waals surface area contributed by atoms with E-state index in [0.29, 0.717) is 5.56 Å². The molecule has 2 nitrogen and oxygen atoms in total. The molecule has 58 valence electrons. The predicted octanol–water partition coefficient (Wildman–Crippen LogP) is 2.48. The summed E-state index contributed by atoms with van der Waals surface area (Å²) in [5.41, 5.74) is 1.16. The molecule has 0 saturated carbocycles. The van der Waals surface area contributed by atoms with Crippen molar-refractivity contribution in [1.29, 1.82) is 0 Å². The maximum Gasteiger partial charge on any atom is 0.337 e. The molecule has 0 atom stereocenters. The molecule has 0 aliphatic carbocycles. The summed E-state index contributed by atoms with van der Waals surface area (Å²) >= 11 is 1.40. The third-order valence-corrected chi connectivity index (χ3v) is 2.03. The van der Waals surface area contributed by atoms with Gasteiger partial charge < -0.3 is 5.11 Å². The van der Waals surface area contributed by atoms with Gasteiger partial charge in [-0.05, 0) is 17.9 Å². The molecule has 1 aromatic rings. The molecule has 3 heteroatoms. The zero-order chi connectivity index (χ0) is 8.27. The Morgan fingerprint density at radius 1 is 1.64 bits per heavy atom. The summed E-state index contributed by atoms with van der Waals surface area (Å²) in [6.07, 6.45) is 3.62. The van der Waals surface area contributed by atoms with E-state index in [0.717, 1.165) is 5.56 Å². The molecule has 0 unspecified atom stereocenters. The first kappa shape index (κ1) is 8.01. The Bertz CT molecular complexity index is 286. The van der Waals surface area contributed by atoms with E-state index in [-0.39, 0.29) is 0 Å². The van der Waals surface area contributed by atoms with Crippen LogP contribution in [-0.4, -0.2) is 11.1 Å². The van der Waals surface area contributed by atoms with E-state index >= 15 is 0 Å². The van der Waals surface area contributed by atoms with Crippen molar-refractivity contribution in [2.45, 2.75) is 6.92 Å². The molecule has 1 N–H and O–H groups in total. The number of carboxylic acids is 1. The van der Waals surface area contributed by atoms with Gasteiger partial charge in [-0.15, -0.1) is 0 Å². The lowest BCUT2D eigenvalue weighted by Crippen LogP contribution is -1.94. The fraction of sp³-hybridized carbons (Fsp3) is 0.125. The number of rotatable bonds is 2. The summed E-state index contributed by atoms with van der Waals surface area (Å²) in [6, 6.07) is 0. The molecule has 0 aliphatic heterocycles. The normalized spacial score (nSPS) is 10.6. The monoisotopic (exact) mass is 168 g/mol. The Labute approximate surface area is 68.8 Å². The fourth-order valence-corrected chi connectivity index (χ4v) is 1.58. The number of hydrogen-bond donors (Lipinski definition) is 1. The zero-order valence-corrected chi connectivity index (χ0v) is 6.89. The Hall–Kier alpha value is -1.09. The van der Waals surface area contributed by atoms with Gasteiger partial charge >= 0.3 is 5.97 Å². The molecule has 0 aliphatic rings. The maximum atomic E-state index is 10.5. The SMILES string of the molecule is C/C=C/c1cscc1C(=O)O. The van der Waals surface area contributed by atoms with E-state index in [4.69, 9.17) is 5.11 Å². The maximum absolute atomic E-state index is 10.5. The molecule has 0 aromatic carbocycles. The highest BCUT2D eigenvalue weighted by Gasteiger charge is 2.07. The predicted molar refractivity (Wildman–Crippen MR) is 46.0 cm³/mol. The van der Waals surface area contributed by atoms with Crippen LogP contribution in [0.2, 0.25) is 0 Å². The number of carboxylic acid groups (broad SMARTS) is 1. The van der Waals surface area contributed by atoms with Gasteiger partial charge in [-0.1, -0.05) is 12.2 Å². The van der Waals surface area contributed by atoms with Crippen molar-refractivity contribution >= 4 is 23.4 Å². The van der Waals surface area contributed by atoms with Crippen LogP contribution in [0.15, 0.2) is 16.8 Å². The quantitative estimate of drug-likeness (QED) is 0.736. The summed E-state index contributed by atoms with van der Waals surface area (Å²) < 4.78 is 0. The van der Waals surface area contributed by atoms with Crippen LogP contribution in [-0.2, 0) is 0 Å². The fourth-order valence-electron chi connectivity index (χ4n) is 0.789. The van der Waals surface area contributed by atoms with Crippen LogP contribution in [0.3, 0.4) is 0 Å². The smallest absolute Gasteiger partial charge is 0.337 e. The number of allylic oxidation sites excluding steroid dienone is 1. The largest absolute Gasteiger partial charge is 0.478 e. The second kappa shape index (κ2) is 3.34. The Morgan fingerprint density at radius 2 is 2.36 bits per heavy atom. The van der Waals surface area contributed by atoms with Crippen molar-refractivity contribution < 1.29 is 9.90 Å². The van der Waals surface area contributed by atoms with E-state index < -0.39 is 5.97 Å². The van der Waals surface area contributed by atoms with Gasteiger partial charge in [0, 0.05) is 5.38 Å². The van der Waals surface area contributed by atoms with E-state index in [1.807, 2.05) is 18.4 Å². The highest BCUT2D eigenvalue weighted by molar-refractivity contribution is 7.08. The van der Waals surface area contributed by atoms with E-state index in [1.54, 1.807) is 11.5 Å². The van der Waals surface area contributed by atoms with E-state index in [2.05, 4.69) is 0 Å². The summed E-state index contributed by atoms with van der Waals surface area (Å²) in [5.74, 6) is -0.862. The van der Waals surface area contributed by atoms with E-state index in [9.17, 15) is 4.79 Å². The minimum absolute atomic E-state index is 0.383. The first-order valence-corrected chi connectivity index (χ1v) is 4.12. The van der Waals surface area contributed by atoms with Crippen molar-refractivity contribution in [3.8, 4) is 0 Å². The van der Waals surface area contributed by atoms with Gasteiger partial charge in [-0.2, -0.15) is 11.3 Å². The lowest BCUT2D eigenvalue weighted by atomic mass is 10.2. The van der Waals surface area contributed by atoms with Crippen molar-refractivity contribution in [3.63, 3.8) is 0 Å². The molecule has 0 saturated heterocycles. The Morgan fingerprint density at radius 3 is 2.91 bits per heavy atom. The molecule has 0 fully saturated rings. The minimum atomic E-state index is -0.862. The molecule has 1 aromatic heterocycles. The second-order valence-electron chi connectivity index (χ2n) is 2.05. The third kappa shape index (κ3) is 1.68. The molecule has 0 bridgehead atoms. The van der Waals surface area contributed by atoms with Crippen LogP contribution >= 0.6 is 11.3 Å². The highest BCUT2D eigenvalue weighted by atomic mass is 32.1. The average Bonchev–Trinajstić information content (AvgIpc) is 2.36. The van der Waals surface area contributed by atoms with Gasteiger partial charge in [0.2, 0.25) is 0 Å². The van der Waals surface area contributed by atoms with Gasteiger partial charge in [0.25, 0.3) is 0 Å². The number of hydrogen-bond acceptors (Lipinski definition) is 2. The van der Waals surface area contributed by atoms with Crippen molar-refractivity contribution in [2.75, 3.05) is 0 Å². The summed E-state index contributed by atoms with van der Waals surface area (Å²) in [7, 11) is 0. The number of thiophene rings is 1. The van der Waals surface area contributed by atoms with Crippen LogP contribution in [0.25, 0.3) is 6.08 Å². The first-order chi connectivity index (χ1) is 5.25. The van der Waals surface area contributed by atoms with Gasteiger partial charge in [0.05, 0.1) is 5.56 Å². The number of aromatic carboxylic acids is 1. The van der Waals surface area contributed by atoms with Crippen LogP contribution in [0, 0.1) is 0 Å². The van der Waals surface area contributed by atoms with Crippen LogP contribution in [0.1, 0.15) is 22.8 Å². The average molecular weight is 168 g/mol. The van der Waals surface area contributed by atoms with Crippen molar-refractivity contribution in [2.24, 2.45) is 0 Å². The molecule has 0 amide bonds. The van der Waals surface area contributed by atoms with E-state index in [1.165, 1.54) is 11.3 Å². The molecule has 1 rings (SSSR count). The molecule has 1 heterocycles. The third-order valence-electron chi connectivity index (χ3n) is 1.27. The molecule has 0 spiro atoms. The topological polar surface area (TPSA) is 37.3 Å². The summed E-state index contributed by atoms with van der Waals surface area (Å²) in [6.45, 7) is 1.86. The summed E-state index contributed by atoms with van der Waals surface area (Å²) in [5, 5.41) is 12.1. The minimum Gasteiger partial charge on any atom is -0.478 e. The summed E-state index contributed by atoms with van der Waals surface area (Å²) in [4.78, 5) is 10.5. The lowest BCUT2D eigenvalue weighted by molar-refractivity contribution is 0.0697. The standard InChI is InChI=1S/C8H8O2S/c1-2-3-6-4-11-5-7(6)8(9)10/h2-5H,1H3,(H,9,10)/b3-2+. The van der Waals surface area contributed by atoms with Gasteiger partial charge in [0.15, 0.2) is 0 Å².